The number of amides is 1. The van der Waals surface area contributed by atoms with Crippen LogP contribution in [-0.4, -0.2) is 31.8 Å². The minimum absolute atomic E-state index is 0.220. The second-order valence-corrected chi connectivity index (χ2v) is 2.68. The number of carbonyl (C=O) groups is 1. The standard InChI is InChI=1S/C8H18N2O3/c1-3-5-12-6-4-10-8(11)7(2)13-9/h7H,3-6,9H2,1-2H3,(H,10,11). The lowest BCUT2D eigenvalue weighted by Gasteiger charge is -2.09. The monoisotopic (exact) mass is 190 g/mol. The highest BCUT2D eigenvalue weighted by Crippen LogP contribution is 1.84. The number of ether oxygens (including phenoxy) is 1. The first-order chi connectivity index (χ1) is 6.22. The van der Waals surface area contributed by atoms with Crippen molar-refractivity contribution in [2.45, 2.75) is 26.4 Å². The summed E-state index contributed by atoms with van der Waals surface area (Å²) < 4.78 is 5.16. The predicted molar refractivity (Wildman–Crippen MR) is 48.9 cm³/mol. The lowest BCUT2D eigenvalue weighted by molar-refractivity contribution is -0.132. The minimum Gasteiger partial charge on any atom is -0.380 e. The Balaban J connectivity index is 3.27. The van der Waals surface area contributed by atoms with Gasteiger partial charge in [0, 0.05) is 13.2 Å². The summed E-state index contributed by atoms with van der Waals surface area (Å²) in [4.78, 5) is 15.4. The van der Waals surface area contributed by atoms with Crippen LogP contribution >= 0.6 is 0 Å². The zero-order chi connectivity index (χ0) is 10.1. The van der Waals surface area contributed by atoms with Gasteiger partial charge >= 0.3 is 0 Å². The molecule has 0 bridgehead atoms. The molecule has 3 N–H and O–H groups in total. The summed E-state index contributed by atoms with van der Waals surface area (Å²) in [6, 6.07) is 0. The summed E-state index contributed by atoms with van der Waals surface area (Å²) in [5, 5.41) is 2.62. The normalized spacial score (nSPS) is 12.5. The number of hydrogen-bond acceptors (Lipinski definition) is 4. The second kappa shape index (κ2) is 7.97. The molecule has 1 unspecified atom stereocenters. The maximum Gasteiger partial charge on any atom is 0.251 e. The Bertz CT molecular complexity index is 141. The maximum atomic E-state index is 11.0. The van der Waals surface area contributed by atoms with E-state index < -0.39 is 6.10 Å². The number of nitrogens with one attached hydrogen (secondary N) is 1. The van der Waals surface area contributed by atoms with Gasteiger partial charge < -0.3 is 10.1 Å². The van der Waals surface area contributed by atoms with Crippen LogP contribution in [0.1, 0.15) is 20.3 Å². The molecule has 0 spiro atoms. The molecule has 0 aromatic carbocycles. The van der Waals surface area contributed by atoms with Crippen LogP contribution in [-0.2, 0) is 14.4 Å². The van der Waals surface area contributed by atoms with Crippen molar-refractivity contribution in [2.75, 3.05) is 19.8 Å². The fraction of sp³-hybridized carbons (Fsp3) is 0.875. The lowest BCUT2D eigenvalue weighted by Crippen LogP contribution is -2.37. The average molecular weight is 190 g/mol. The molecule has 5 nitrogen and oxygen atoms in total. The van der Waals surface area contributed by atoms with E-state index in [1.165, 1.54) is 0 Å². The molecule has 0 aliphatic heterocycles. The van der Waals surface area contributed by atoms with Gasteiger partial charge in [-0.1, -0.05) is 6.92 Å². The first-order valence-corrected chi connectivity index (χ1v) is 4.43. The predicted octanol–water partition coefficient (Wildman–Crippen LogP) is -0.192. The molecule has 0 aromatic heterocycles. The van der Waals surface area contributed by atoms with Crippen LogP contribution in [0.25, 0.3) is 0 Å². The van der Waals surface area contributed by atoms with Crippen molar-refractivity contribution in [3.63, 3.8) is 0 Å². The Kier molecular flexibility index (Phi) is 7.57. The highest BCUT2D eigenvalue weighted by Gasteiger charge is 2.10. The quantitative estimate of drug-likeness (QED) is 0.431. The number of rotatable bonds is 7. The third kappa shape index (κ3) is 6.51. The SMILES string of the molecule is CCCOCCNC(=O)C(C)ON. The van der Waals surface area contributed by atoms with E-state index in [4.69, 9.17) is 10.6 Å². The van der Waals surface area contributed by atoms with Crippen LogP contribution in [0, 0.1) is 0 Å². The summed E-state index contributed by atoms with van der Waals surface area (Å²) in [6.07, 6.45) is 0.377. The highest BCUT2D eigenvalue weighted by atomic mass is 16.6. The van der Waals surface area contributed by atoms with Gasteiger partial charge in [-0.2, -0.15) is 0 Å². The zero-order valence-electron chi connectivity index (χ0n) is 8.21. The zero-order valence-corrected chi connectivity index (χ0v) is 8.21. The van der Waals surface area contributed by atoms with E-state index in [0.717, 1.165) is 13.0 Å². The maximum absolute atomic E-state index is 11.0. The fourth-order valence-electron chi connectivity index (χ4n) is 0.698. The first-order valence-electron chi connectivity index (χ1n) is 4.43. The van der Waals surface area contributed by atoms with Crippen LogP contribution in [0.15, 0.2) is 0 Å². The molecular formula is C8H18N2O3. The van der Waals surface area contributed by atoms with Crippen LogP contribution in [0.4, 0.5) is 0 Å². The van der Waals surface area contributed by atoms with Gasteiger partial charge in [-0.3, -0.25) is 9.63 Å². The summed E-state index contributed by atoms with van der Waals surface area (Å²) in [5.41, 5.74) is 0. The van der Waals surface area contributed by atoms with Gasteiger partial charge in [-0.15, -0.1) is 0 Å². The molecule has 78 valence electrons. The molecule has 0 aliphatic rings. The van der Waals surface area contributed by atoms with Crippen molar-refractivity contribution >= 4 is 5.91 Å². The average Bonchev–Trinajstić information content (AvgIpc) is 2.16. The van der Waals surface area contributed by atoms with Gasteiger partial charge in [0.15, 0.2) is 6.10 Å². The smallest absolute Gasteiger partial charge is 0.251 e. The molecule has 0 fully saturated rings. The molecular weight excluding hydrogens is 172 g/mol. The summed E-state index contributed by atoms with van der Waals surface area (Å²) in [5.74, 6) is 4.61. The molecule has 0 radical (unpaired) electrons. The van der Waals surface area contributed by atoms with Crippen molar-refractivity contribution in [2.24, 2.45) is 5.90 Å². The molecule has 1 atom stereocenters. The van der Waals surface area contributed by atoms with Crippen LogP contribution in [0.3, 0.4) is 0 Å². The third-order valence-corrected chi connectivity index (χ3v) is 1.47. The van der Waals surface area contributed by atoms with Crippen molar-refractivity contribution in [3.8, 4) is 0 Å². The van der Waals surface area contributed by atoms with Crippen LogP contribution in [0.2, 0.25) is 0 Å². The Morgan fingerprint density at radius 1 is 1.54 bits per heavy atom. The summed E-state index contributed by atoms with van der Waals surface area (Å²) in [6.45, 7) is 5.35. The van der Waals surface area contributed by atoms with Gasteiger partial charge in [0.25, 0.3) is 5.91 Å². The number of nitrogens with two attached hydrogens (primary N) is 1. The molecule has 0 aromatic rings. The van der Waals surface area contributed by atoms with Gasteiger partial charge in [0.1, 0.15) is 0 Å². The van der Waals surface area contributed by atoms with Crippen molar-refractivity contribution in [1.82, 2.24) is 5.32 Å². The molecule has 0 aliphatic carbocycles. The largest absolute Gasteiger partial charge is 0.380 e. The van der Waals surface area contributed by atoms with Gasteiger partial charge in [-0.25, -0.2) is 5.90 Å². The van der Waals surface area contributed by atoms with E-state index >= 15 is 0 Å². The Morgan fingerprint density at radius 3 is 2.77 bits per heavy atom. The molecule has 0 rings (SSSR count). The molecule has 5 heteroatoms. The molecule has 0 saturated heterocycles. The van der Waals surface area contributed by atoms with E-state index in [9.17, 15) is 4.79 Å². The van der Waals surface area contributed by atoms with Crippen molar-refractivity contribution in [3.05, 3.63) is 0 Å². The Morgan fingerprint density at radius 2 is 2.23 bits per heavy atom. The van der Waals surface area contributed by atoms with Gasteiger partial charge in [0.2, 0.25) is 0 Å². The Hall–Kier alpha value is -0.650. The molecule has 0 heterocycles. The van der Waals surface area contributed by atoms with Crippen molar-refractivity contribution in [1.29, 1.82) is 0 Å². The molecule has 1 amide bonds. The van der Waals surface area contributed by atoms with E-state index in [-0.39, 0.29) is 5.91 Å². The van der Waals surface area contributed by atoms with Gasteiger partial charge in [0.05, 0.1) is 6.61 Å². The lowest BCUT2D eigenvalue weighted by atomic mass is 10.4. The Labute approximate surface area is 78.5 Å². The van der Waals surface area contributed by atoms with Crippen LogP contribution < -0.4 is 11.2 Å². The third-order valence-electron chi connectivity index (χ3n) is 1.47. The van der Waals surface area contributed by atoms with Crippen LogP contribution in [0.5, 0.6) is 0 Å². The van der Waals surface area contributed by atoms with E-state index in [2.05, 4.69) is 10.2 Å². The van der Waals surface area contributed by atoms with Crippen molar-refractivity contribution < 1.29 is 14.4 Å². The highest BCUT2D eigenvalue weighted by molar-refractivity contribution is 5.80. The number of carbonyl (C=O) groups excluding carboxylic acids is 1. The topological polar surface area (TPSA) is 73.6 Å². The summed E-state index contributed by atoms with van der Waals surface area (Å²) in [7, 11) is 0. The fourth-order valence-corrected chi connectivity index (χ4v) is 0.698. The van der Waals surface area contributed by atoms with Gasteiger partial charge in [-0.05, 0) is 13.3 Å². The first kappa shape index (κ1) is 12.3. The second-order valence-electron chi connectivity index (χ2n) is 2.68. The van der Waals surface area contributed by atoms with E-state index in [1.807, 2.05) is 6.92 Å². The number of hydrogen-bond donors (Lipinski definition) is 2. The van der Waals surface area contributed by atoms with E-state index in [1.54, 1.807) is 6.92 Å². The van der Waals surface area contributed by atoms with E-state index in [0.29, 0.717) is 13.2 Å². The molecule has 13 heavy (non-hydrogen) atoms. The minimum atomic E-state index is -0.605. The molecule has 0 saturated carbocycles. The summed E-state index contributed by atoms with van der Waals surface area (Å²) >= 11 is 0.